The summed E-state index contributed by atoms with van der Waals surface area (Å²) in [5.41, 5.74) is 2.11. The molecule has 4 rings (SSSR count). The second kappa shape index (κ2) is 12.3. The molecule has 0 radical (unpaired) electrons. The summed E-state index contributed by atoms with van der Waals surface area (Å²) < 4.78 is 7.30. The van der Waals surface area contributed by atoms with Crippen molar-refractivity contribution in [2.45, 2.75) is 32.1 Å². The molecule has 3 N–H and O–H groups in total. The molecule has 1 aliphatic rings. The number of para-hydroxylation sites is 1. The van der Waals surface area contributed by atoms with Gasteiger partial charge in [0.15, 0.2) is 11.6 Å². The third-order valence-corrected chi connectivity index (χ3v) is 6.33. The van der Waals surface area contributed by atoms with Crippen molar-refractivity contribution in [1.82, 2.24) is 30.0 Å². The van der Waals surface area contributed by atoms with Gasteiger partial charge in [0.1, 0.15) is 12.1 Å². The van der Waals surface area contributed by atoms with E-state index < -0.39 is 0 Å². The summed E-state index contributed by atoms with van der Waals surface area (Å²) in [6.45, 7) is 2.80. The van der Waals surface area contributed by atoms with E-state index in [0.29, 0.717) is 46.3 Å². The van der Waals surface area contributed by atoms with Crippen LogP contribution in [0.1, 0.15) is 42.5 Å². The molecule has 11 heteroatoms. The van der Waals surface area contributed by atoms with Gasteiger partial charge in [-0.2, -0.15) is 5.10 Å². The molecule has 0 aliphatic carbocycles. The highest BCUT2D eigenvalue weighted by atomic mass is 16.5. The Labute approximate surface area is 216 Å². The van der Waals surface area contributed by atoms with Crippen LogP contribution in [-0.2, 0) is 11.8 Å². The molecule has 0 spiro atoms. The topological polar surface area (TPSA) is 126 Å². The zero-order chi connectivity index (χ0) is 26.2. The van der Waals surface area contributed by atoms with E-state index in [2.05, 4.69) is 35.9 Å². The quantitative estimate of drug-likeness (QED) is 0.404. The Balaban J connectivity index is 1.55. The first-order valence-electron chi connectivity index (χ1n) is 12.5. The van der Waals surface area contributed by atoms with E-state index >= 15 is 0 Å². The Morgan fingerprint density at radius 3 is 2.54 bits per heavy atom. The lowest BCUT2D eigenvalue weighted by molar-refractivity contribution is -0.116. The maximum atomic E-state index is 12.7. The van der Waals surface area contributed by atoms with E-state index in [1.807, 2.05) is 18.2 Å². The van der Waals surface area contributed by atoms with Crippen LogP contribution < -0.4 is 20.7 Å². The number of carbonyl (C=O) groups is 2. The van der Waals surface area contributed by atoms with E-state index in [0.717, 1.165) is 19.6 Å². The molecule has 1 saturated heterocycles. The number of likely N-dealkylation sites (tertiary alicyclic amines) is 1. The van der Waals surface area contributed by atoms with E-state index in [4.69, 9.17) is 4.74 Å². The van der Waals surface area contributed by atoms with Crippen LogP contribution in [0.2, 0.25) is 0 Å². The maximum Gasteiger partial charge on any atom is 0.254 e. The molecule has 0 atom stereocenters. The summed E-state index contributed by atoms with van der Waals surface area (Å²) in [4.78, 5) is 36.2. The fourth-order valence-corrected chi connectivity index (χ4v) is 4.41. The van der Waals surface area contributed by atoms with Crippen LogP contribution in [-0.4, -0.2) is 70.3 Å². The number of nitrogens with zero attached hydrogens (tertiary/aromatic N) is 5. The molecular formula is C26H34N8O3. The second-order valence-corrected chi connectivity index (χ2v) is 9.00. The Hall–Kier alpha value is -3.99. The summed E-state index contributed by atoms with van der Waals surface area (Å²) in [6, 6.07) is 7.20. The van der Waals surface area contributed by atoms with E-state index in [9.17, 15) is 9.59 Å². The predicted molar refractivity (Wildman–Crippen MR) is 142 cm³/mol. The first kappa shape index (κ1) is 26.1. The minimum atomic E-state index is -0.310. The molecule has 0 bridgehead atoms. The van der Waals surface area contributed by atoms with E-state index in [-0.39, 0.29) is 11.8 Å². The third kappa shape index (κ3) is 6.62. The molecule has 3 aromatic rings. The molecule has 37 heavy (non-hydrogen) atoms. The maximum absolute atomic E-state index is 12.7. The zero-order valence-electron chi connectivity index (χ0n) is 21.6. The number of carbonyl (C=O) groups excluding carboxylic acids is 2. The first-order valence-corrected chi connectivity index (χ1v) is 12.5. The van der Waals surface area contributed by atoms with E-state index in [1.165, 1.54) is 31.9 Å². The number of anilines is 3. The summed E-state index contributed by atoms with van der Waals surface area (Å²) in [5.74, 6) is 0.974. The summed E-state index contributed by atoms with van der Waals surface area (Å²) in [6.07, 6.45) is 8.32. The minimum Gasteiger partial charge on any atom is -0.494 e. The summed E-state index contributed by atoms with van der Waals surface area (Å²) in [7, 11) is 4.91. The van der Waals surface area contributed by atoms with Crippen LogP contribution in [0, 0.1) is 0 Å². The lowest BCUT2D eigenvalue weighted by Gasteiger charge is -2.19. The molecule has 0 saturated carbocycles. The van der Waals surface area contributed by atoms with Crippen molar-refractivity contribution in [1.29, 1.82) is 0 Å². The van der Waals surface area contributed by atoms with Crippen LogP contribution in [0.15, 0.2) is 36.8 Å². The largest absolute Gasteiger partial charge is 0.494 e. The number of hydrogen-bond donors (Lipinski definition) is 3. The summed E-state index contributed by atoms with van der Waals surface area (Å²) in [5, 5.41) is 13.2. The molecule has 2 amide bonds. The average molecular weight is 507 g/mol. The molecule has 1 fully saturated rings. The van der Waals surface area contributed by atoms with Crippen molar-refractivity contribution >= 4 is 29.0 Å². The lowest BCUT2D eigenvalue weighted by Crippen LogP contribution is -2.29. The van der Waals surface area contributed by atoms with Crippen molar-refractivity contribution in [2.24, 2.45) is 7.05 Å². The van der Waals surface area contributed by atoms with Gasteiger partial charge in [0.05, 0.1) is 29.6 Å². The fraction of sp³-hybridized carbons (Fsp3) is 0.423. The number of pyridine rings is 1. The number of aromatic nitrogens is 4. The Bertz CT molecular complexity index is 1230. The monoisotopic (exact) mass is 506 g/mol. The highest BCUT2D eigenvalue weighted by molar-refractivity contribution is 6.01. The number of rotatable bonds is 9. The van der Waals surface area contributed by atoms with Gasteiger partial charge in [-0.1, -0.05) is 18.9 Å². The van der Waals surface area contributed by atoms with E-state index in [1.54, 1.807) is 38.3 Å². The minimum absolute atomic E-state index is 0.115. The van der Waals surface area contributed by atoms with Crippen molar-refractivity contribution in [2.75, 3.05) is 44.4 Å². The number of aryl methyl sites for hydroxylation is 1. The fourth-order valence-electron chi connectivity index (χ4n) is 4.41. The average Bonchev–Trinajstić information content (AvgIpc) is 3.16. The van der Waals surface area contributed by atoms with Crippen molar-refractivity contribution in [3.05, 3.63) is 42.4 Å². The molecule has 1 aliphatic heterocycles. The second-order valence-electron chi connectivity index (χ2n) is 9.00. The molecule has 2 aromatic heterocycles. The first-order chi connectivity index (χ1) is 18.0. The molecule has 3 heterocycles. The van der Waals surface area contributed by atoms with Crippen LogP contribution in [0.5, 0.6) is 5.75 Å². The molecule has 11 nitrogen and oxygen atoms in total. The number of nitrogens with one attached hydrogen (secondary N) is 3. The molecule has 1 aromatic carbocycles. The normalized spacial score (nSPS) is 14.0. The predicted octanol–water partition coefficient (Wildman–Crippen LogP) is 3.19. The van der Waals surface area contributed by atoms with Gasteiger partial charge in [0, 0.05) is 39.3 Å². The number of ether oxygens (including phenoxy) is 1. The Morgan fingerprint density at radius 2 is 1.86 bits per heavy atom. The standard InChI is InChI=1S/C26H34N8O3/c1-27-26(36)19-16-28-22(31-23(35)11-14-34-12-6-4-5-7-13-34)15-21(19)30-20-10-8-9-18(24(20)37-3)25-29-17-33(2)32-25/h8-10,15-17H,4-7,11-14H2,1-3H3,(H,27,36)(H2,28,30,31,35). The van der Waals surface area contributed by atoms with Gasteiger partial charge in [-0.05, 0) is 38.1 Å². The van der Waals surface area contributed by atoms with Crippen LogP contribution in [0.3, 0.4) is 0 Å². The summed E-state index contributed by atoms with van der Waals surface area (Å²) >= 11 is 0. The Morgan fingerprint density at radius 1 is 1.08 bits per heavy atom. The molecular weight excluding hydrogens is 472 g/mol. The van der Waals surface area contributed by atoms with Gasteiger partial charge in [-0.25, -0.2) is 9.97 Å². The van der Waals surface area contributed by atoms with Gasteiger partial charge >= 0.3 is 0 Å². The SMILES string of the molecule is CNC(=O)c1cnc(NC(=O)CCN2CCCCCC2)cc1Nc1cccc(-c2ncn(C)n2)c1OC. The number of benzene rings is 1. The van der Waals surface area contributed by atoms with Crippen LogP contribution in [0.4, 0.5) is 17.2 Å². The number of hydrogen-bond acceptors (Lipinski definition) is 8. The van der Waals surface area contributed by atoms with Crippen molar-refractivity contribution in [3.63, 3.8) is 0 Å². The number of methoxy groups -OCH3 is 1. The highest BCUT2D eigenvalue weighted by Gasteiger charge is 2.19. The lowest BCUT2D eigenvalue weighted by atomic mass is 10.1. The third-order valence-electron chi connectivity index (χ3n) is 6.33. The molecule has 0 unspecified atom stereocenters. The van der Waals surface area contributed by atoms with Gasteiger partial charge < -0.3 is 25.6 Å². The van der Waals surface area contributed by atoms with Gasteiger partial charge in [-0.15, -0.1) is 0 Å². The molecule has 196 valence electrons. The van der Waals surface area contributed by atoms with Gasteiger partial charge in [0.2, 0.25) is 5.91 Å². The van der Waals surface area contributed by atoms with Crippen LogP contribution >= 0.6 is 0 Å². The smallest absolute Gasteiger partial charge is 0.254 e. The van der Waals surface area contributed by atoms with Gasteiger partial charge in [-0.3, -0.25) is 14.3 Å². The van der Waals surface area contributed by atoms with Crippen molar-refractivity contribution in [3.8, 4) is 17.1 Å². The Kier molecular flexibility index (Phi) is 8.68. The zero-order valence-corrected chi connectivity index (χ0v) is 21.6. The van der Waals surface area contributed by atoms with Gasteiger partial charge in [0.25, 0.3) is 5.91 Å². The highest BCUT2D eigenvalue weighted by Crippen LogP contribution is 2.37. The number of amides is 2. The van der Waals surface area contributed by atoms with Crippen molar-refractivity contribution < 1.29 is 14.3 Å². The van der Waals surface area contributed by atoms with Crippen LogP contribution in [0.25, 0.3) is 11.4 Å².